The van der Waals surface area contributed by atoms with E-state index in [0.29, 0.717) is 11.3 Å². The average molecular weight is 320 g/mol. The van der Waals surface area contributed by atoms with Crippen molar-refractivity contribution in [3.63, 3.8) is 0 Å². The smallest absolute Gasteiger partial charge is 0.334 e. The number of nitrogens with one attached hydrogen (secondary N) is 1. The van der Waals surface area contributed by atoms with Gasteiger partial charge in [0.2, 0.25) is 5.91 Å². The van der Waals surface area contributed by atoms with Gasteiger partial charge in [-0.15, -0.1) is 0 Å². The summed E-state index contributed by atoms with van der Waals surface area (Å²) >= 11 is 0. The van der Waals surface area contributed by atoms with E-state index in [9.17, 15) is 14.4 Å². The lowest BCUT2D eigenvalue weighted by atomic mass is 10.1. The Kier molecular flexibility index (Phi) is 5.33. The molecule has 0 bridgehead atoms. The third-order valence-corrected chi connectivity index (χ3v) is 3.78. The molecule has 2 amide bonds. The van der Waals surface area contributed by atoms with Crippen LogP contribution in [0.1, 0.15) is 23.2 Å². The average Bonchev–Trinajstić information content (AvgIpc) is 3.38. The summed E-state index contributed by atoms with van der Waals surface area (Å²) in [7, 11) is 2.91. The first-order chi connectivity index (χ1) is 11.0. The predicted molar refractivity (Wildman–Crippen MR) is 83.3 cm³/mol. The van der Waals surface area contributed by atoms with Crippen LogP contribution in [0.15, 0.2) is 24.3 Å². The summed E-state index contributed by atoms with van der Waals surface area (Å²) in [6.07, 6.45) is 0.647. The highest BCUT2D eigenvalue weighted by molar-refractivity contribution is 6.05. The Hall–Kier alpha value is -2.41. The van der Waals surface area contributed by atoms with E-state index in [4.69, 9.17) is 9.84 Å². The van der Waals surface area contributed by atoms with Gasteiger partial charge in [0.25, 0.3) is 5.91 Å². The van der Waals surface area contributed by atoms with Gasteiger partial charge in [-0.3, -0.25) is 9.59 Å². The maximum atomic E-state index is 12.3. The highest BCUT2D eigenvalue weighted by atomic mass is 16.5. The van der Waals surface area contributed by atoms with Crippen LogP contribution < -0.4 is 10.2 Å². The van der Waals surface area contributed by atoms with Gasteiger partial charge < -0.3 is 20.1 Å². The zero-order chi connectivity index (χ0) is 17.0. The van der Waals surface area contributed by atoms with Crippen LogP contribution in [-0.4, -0.2) is 49.7 Å². The van der Waals surface area contributed by atoms with E-state index in [1.165, 1.54) is 12.0 Å². The van der Waals surface area contributed by atoms with Gasteiger partial charge in [-0.1, -0.05) is 12.1 Å². The largest absolute Gasteiger partial charge is 0.479 e. The zero-order valence-corrected chi connectivity index (χ0v) is 13.1. The fraction of sp³-hybridized carbons (Fsp3) is 0.438. The van der Waals surface area contributed by atoms with Crippen molar-refractivity contribution in [2.24, 2.45) is 5.92 Å². The number of methoxy groups -OCH3 is 1. The minimum atomic E-state index is -1.15. The Morgan fingerprint density at radius 3 is 2.57 bits per heavy atom. The molecule has 0 heterocycles. The maximum Gasteiger partial charge on any atom is 0.334 e. The molecule has 2 N–H and O–H groups in total. The lowest BCUT2D eigenvalue weighted by molar-refractivity contribution is -0.148. The maximum absolute atomic E-state index is 12.3. The molecule has 1 aliphatic rings. The number of nitrogens with zero attached hydrogens (tertiary/aromatic N) is 1. The number of benzene rings is 1. The molecule has 23 heavy (non-hydrogen) atoms. The third kappa shape index (κ3) is 4.07. The van der Waals surface area contributed by atoms with Gasteiger partial charge >= 0.3 is 5.97 Å². The molecular weight excluding hydrogens is 300 g/mol. The standard InChI is InChI=1S/C16H20N2O5/c1-18(15(20)10-7-8-10)12-6-4-3-5-11(12)14(19)17-9-13(23-2)16(21)22/h3-6,10,13H,7-9H2,1-2H3,(H,17,19)(H,21,22). The fourth-order valence-electron chi connectivity index (χ4n) is 2.23. The van der Waals surface area contributed by atoms with Crippen molar-refractivity contribution in [3.8, 4) is 0 Å². The number of carbonyl (C=O) groups is 3. The minimum Gasteiger partial charge on any atom is -0.479 e. The number of para-hydroxylation sites is 1. The van der Waals surface area contributed by atoms with E-state index in [-0.39, 0.29) is 18.4 Å². The highest BCUT2D eigenvalue weighted by Gasteiger charge is 2.33. The topological polar surface area (TPSA) is 95.9 Å². The van der Waals surface area contributed by atoms with E-state index in [1.807, 2.05) is 0 Å². The van der Waals surface area contributed by atoms with E-state index < -0.39 is 18.0 Å². The van der Waals surface area contributed by atoms with Crippen molar-refractivity contribution in [3.05, 3.63) is 29.8 Å². The lowest BCUT2D eigenvalue weighted by Gasteiger charge is -2.20. The van der Waals surface area contributed by atoms with Crippen molar-refractivity contribution in [2.75, 3.05) is 25.6 Å². The van der Waals surface area contributed by atoms with Gasteiger partial charge in [-0.2, -0.15) is 0 Å². The molecular formula is C16H20N2O5. The number of carboxylic acids is 1. The SMILES string of the molecule is COC(CNC(=O)c1ccccc1N(C)C(=O)C1CC1)C(=O)O. The number of hydrogen-bond acceptors (Lipinski definition) is 4. The molecule has 1 aliphatic carbocycles. The number of ether oxygens (including phenoxy) is 1. The van der Waals surface area contributed by atoms with Crippen molar-refractivity contribution < 1.29 is 24.2 Å². The molecule has 0 spiro atoms. The Labute approximate surface area is 134 Å². The Balaban J connectivity index is 2.11. The van der Waals surface area contributed by atoms with Gasteiger partial charge in [-0.25, -0.2) is 4.79 Å². The predicted octanol–water partition coefficient (Wildman–Crippen LogP) is 0.889. The second-order valence-electron chi connectivity index (χ2n) is 5.46. The van der Waals surface area contributed by atoms with Crippen molar-refractivity contribution >= 4 is 23.5 Å². The summed E-state index contributed by atoms with van der Waals surface area (Å²) in [4.78, 5) is 36.9. The molecule has 1 unspecified atom stereocenters. The number of carbonyl (C=O) groups excluding carboxylic acids is 2. The molecule has 124 valence electrons. The number of aliphatic carboxylic acids is 1. The molecule has 1 saturated carbocycles. The van der Waals surface area contributed by atoms with Crippen LogP contribution >= 0.6 is 0 Å². The molecule has 1 aromatic rings. The van der Waals surface area contributed by atoms with Gasteiger partial charge in [0, 0.05) is 20.1 Å². The monoisotopic (exact) mass is 320 g/mol. The van der Waals surface area contributed by atoms with Crippen LogP contribution in [0, 0.1) is 5.92 Å². The van der Waals surface area contributed by atoms with Gasteiger partial charge in [0.05, 0.1) is 17.8 Å². The molecule has 7 nitrogen and oxygen atoms in total. The summed E-state index contributed by atoms with van der Waals surface area (Å²) in [6.45, 7) is -0.153. The Morgan fingerprint density at radius 2 is 2.00 bits per heavy atom. The van der Waals surface area contributed by atoms with E-state index >= 15 is 0 Å². The molecule has 1 aromatic carbocycles. The highest BCUT2D eigenvalue weighted by Crippen LogP contribution is 2.33. The first-order valence-corrected chi connectivity index (χ1v) is 7.36. The summed E-state index contributed by atoms with van der Waals surface area (Å²) in [5.41, 5.74) is 0.829. The molecule has 7 heteroatoms. The Morgan fingerprint density at radius 1 is 1.35 bits per heavy atom. The van der Waals surface area contributed by atoms with Crippen LogP contribution in [0.4, 0.5) is 5.69 Å². The van der Waals surface area contributed by atoms with Crippen molar-refractivity contribution in [1.29, 1.82) is 0 Å². The minimum absolute atomic E-state index is 0.00875. The molecule has 1 fully saturated rings. The zero-order valence-electron chi connectivity index (χ0n) is 13.1. The number of carboxylic acid groups (broad SMARTS) is 1. The van der Waals surface area contributed by atoms with Crippen LogP contribution in [0.2, 0.25) is 0 Å². The second-order valence-corrected chi connectivity index (χ2v) is 5.46. The summed E-state index contributed by atoms with van der Waals surface area (Å²) in [6, 6.07) is 6.74. The summed E-state index contributed by atoms with van der Waals surface area (Å²) in [5, 5.41) is 11.4. The van der Waals surface area contributed by atoms with Crippen LogP contribution in [0.3, 0.4) is 0 Å². The first kappa shape index (κ1) is 17.0. The molecule has 0 aromatic heterocycles. The molecule has 0 saturated heterocycles. The molecule has 2 rings (SSSR count). The quantitative estimate of drug-likeness (QED) is 0.778. The van der Waals surface area contributed by atoms with E-state index in [1.54, 1.807) is 31.3 Å². The summed E-state index contributed by atoms with van der Waals surface area (Å²) in [5.74, 6) is -1.56. The number of amides is 2. The second kappa shape index (κ2) is 7.23. The molecule has 0 radical (unpaired) electrons. The van der Waals surface area contributed by atoms with Crippen molar-refractivity contribution in [2.45, 2.75) is 18.9 Å². The van der Waals surface area contributed by atoms with Gasteiger partial charge in [0.15, 0.2) is 6.10 Å². The van der Waals surface area contributed by atoms with Crippen LogP contribution in [-0.2, 0) is 14.3 Å². The van der Waals surface area contributed by atoms with Crippen molar-refractivity contribution in [1.82, 2.24) is 5.32 Å². The summed E-state index contributed by atoms with van der Waals surface area (Å²) < 4.78 is 4.77. The fourth-order valence-corrected chi connectivity index (χ4v) is 2.23. The van der Waals surface area contributed by atoms with Gasteiger partial charge in [-0.05, 0) is 25.0 Å². The molecule has 0 aliphatic heterocycles. The van der Waals surface area contributed by atoms with E-state index in [2.05, 4.69) is 5.32 Å². The normalized spacial score (nSPS) is 14.9. The number of rotatable bonds is 7. The number of hydrogen-bond donors (Lipinski definition) is 2. The van der Waals surface area contributed by atoms with Gasteiger partial charge in [0.1, 0.15) is 0 Å². The van der Waals surface area contributed by atoms with Crippen LogP contribution in [0.25, 0.3) is 0 Å². The Bertz CT molecular complexity index is 612. The third-order valence-electron chi connectivity index (χ3n) is 3.78. The first-order valence-electron chi connectivity index (χ1n) is 7.36. The van der Waals surface area contributed by atoms with E-state index in [0.717, 1.165) is 12.8 Å². The molecule has 1 atom stereocenters. The lowest BCUT2D eigenvalue weighted by Crippen LogP contribution is -2.38. The van der Waals surface area contributed by atoms with Crippen LogP contribution in [0.5, 0.6) is 0 Å². The number of anilines is 1.